The van der Waals surface area contributed by atoms with Crippen LogP contribution in [0.3, 0.4) is 0 Å². The van der Waals surface area contributed by atoms with Crippen molar-refractivity contribution in [1.82, 2.24) is 15.0 Å². The van der Waals surface area contributed by atoms with Crippen LogP contribution in [-0.2, 0) is 11.6 Å². The Morgan fingerprint density at radius 3 is 1.73 bits per heavy atom. The van der Waals surface area contributed by atoms with Crippen LogP contribution >= 0.6 is 0 Å². The Bertz CT molecular complexity index is 1480. The number of nitrogens with zero attached hydrogens (tertiary/aromatic N) is 2. The maximum atomic E-state index is 15.4. The molecular formula is C21H9F12N3O. The summed E-state index contributed by atoms with van der Waals surface area (Å²) in [4.78, 5) is 8.06. The summed E-state index contributed by atoms with van der Waals surface area (Å²) in [5.74, 6) is -7.78. The molecule has 0 radical (unpaired) electrons. The van der Waals surface area contributed by atoms with Crippen molar-refractivity contribution >= 4 is 22.1 Å². The first-order chi connectivity index (χ1) is 16.9. The molecular weight excluding hydrogens is 538 g/mol. The fourth-order valence-electron chi connectivity index (χ4n) is 3.41. The SMILES string of the molecule is FC(F)(F)C(F)(F)c1[nH]c2ccccc2nc2oc3ccccc3nc(C(F)(C(F)(F)F)C(F)(F)F)c1-2. The van der Waals surface area contributed by atoms with E-state index in [1.165, 1.54) is 11.1 Å². The third-order valence-corrected chi connectivity index (χ3v) is 5.17. The van der Waals surface area contributed by atoms with Gasteiger partial charge >= 0.3 is 30.1 Å². The van der Waals surface area contributed by atoms with Crippen LogP contribution < -0.4 is 0 Å². The Morgan fingerprint density at radius 2 is 1.16 bits per heavy atom. The Labute approximate surface area is 196 Å². The third-order valence-electron chi connectivity index (χ3n) is 5.17. The molecule has 16 heteroatoms. The van der Waals surface area contributed by atoms with Crippen LogP contribution in [0.4, 0.5) is 52.7 Å². The molecule has 0 saturated carbocycles. The van der Waals surface area contributed by atoms with Crippen molar-refractivity contribution in [1.29, 1.82) is 0 Å². The highest BCUT2D eigenvalue weighted by Crippen LogP contribution is 2.57. The van der Waals surface area contributed by atoms with Gasteiger partial charge in [-0.2, -0.15) is 48.3 Å². The zero-order valence-electron chi connectivity index (χ0n) is 17.5. The number of fused-ring (bicyclic) bond motifs is 3. The minimum atomic E-state index is -6.93. The smallest absolute Gasteiger partial charge is 0.436 e. The van der Waals surface area contributed by atoms with Gasteiger partial charge in [0.05, 0.1) is 16.6 Å². The van der Waals surface area contributed by atoms with Crippen molar-refractivity contribution in [3.05, 3.63) is 59.9 Å². The first-order valence-electron chi connectivity index (χ1n) is 9.73. The number of rotatable bonds is 2. The summed E-state index contributed by atoms with van der Waals surface area (Å²) in [6, 6.07) is 7.90. The van der Waals surface area contributed by atoms with E-state index >= 15 is 4.39 Å². The number of nitrogens with one attached hydrogen (secondary N) is 1. The average molecular weight is 547 g/mol. The van der Waals surface area contributed by atoms with E-state index in [2.05, 4.69) is 9.97 Å². The van der Waals surface area contributed by atoms with Gasteiger partial charge in [-0.15, -0.1) is 0 Å². The molecule has 2 heterocycles. The summed E-state index contributed by atoms with van der Waals surface area (Å²) in [5, 5.41) is 0. The van der Waals surface area contributed by atoms with Gasteiger partial charge in [-0.3, -0.25) is 0 Å². The average Bonchev–Trinajstić information content (AvgIpc) is 3.02. The molecule has 2 aromatic carbocycles. The molecule has 2 aliphatic heterocycles. The lowest BCUT2D eigenvalue weighted by Gasteiger charge is -2.30. The van der Waals surface area contributed by atoms with Crippen LogP contribution in [0.5, 0.6) is 0 Å². The molecule has 1 N–H and O–H groups in total. The van der Waals surface area contributed by atoms with E-state index in [-0.39, 0.29) is 0 Å². The number of alkyl halides is 12. The van der Waals surface area contributed by atoms with Crippen molar-refractivity contribution < 1.29 is 57.1 Å². The van der Waals surface area contributed by atoms with E-state index in [4.69, 9.17) is 4.42 Å². The van der Waals surface area contributed by atoms with Gasteiger partial charge in [0.25, 0.3) is 0 Å². The van der Waals surface area contributed by atoms with Gasteiger partial charge in [0, 0.05) is 0 Å². The number of H-pyrrole nitrogens is 1. The number of aromatic amines is 1. The Hall–Kier alpha value is -3.72. The minimum absolute atomic E-state index is 0.523. The molecule has 4 rings (SSSR count). The monoisotopic (exact) mass is 547 g/mol. The summed E-state index contributed by atoms with van der Waals surface area (Å²) < 4.78 is 173. The van der Waals surface area contributed by atoms with Crippen molar-refractivity contribution in [3.8, 4) is 11.5 Å². The quantitative estimate of drug-likeness (QED) is 0.260. The number of para-hydroxylation sites is 4. The molecule has 2 aromatic rings. The number of hydrogen-bond acceptors (Lipinski definition) is 3. The Balaban J connectivity index is 2.42. The minimum Gasteiger partial charge on any atom is -0.436 e. The molecule has 2 aliphatic rings. The number of halogens is 12. The normalized spacial score (nSPS) is 13.9. The van der Waals surface area contributed by atoms with Gasteiger partial charge in [-0.25, -0.2) is 14.4 Å². The van der Waals surface area contributed by atoms with Crippen LogP contribution in [0.1, 0.15) is 11.4 Å². The van der Waals surface area contributed by atoms with Crippen molar-refractivity contribution in [2.45, 2.75) is 30.1 Å². The standard InChI is InChI=1S/C21H9F12N3O/c22-17(19(25,26)27,20(28,29)30)14-13-15(18(23,24)21(31,32)33)34-9-5-1-2-6-10(9)36-16(13)37-12-8-4-3-7-11(12)35-14/h1-8,34H. The molecule has 0 unspecified atom stereocenters. The molecule has 198 valence electrons. The van der Waals surface area contributed by atoms with Crippen LogP contribution in [0.15, 0.2) is 52.9 Å². The first kappa shape index (κ1) is 26.3. The molecule has 0 amide bonds. The van der Waals surface area contributed by atoms with Crippen molar-refractivity contribution in [3.63, 3.8) is 0 Å². The molecule has 0 atom stereocenters. The van der Waals surface area contributed by atoms with Crippen molar-refractivity contribution in [2.75, 3.05) is 0 Å². The first-order valence-corrected chi connectivity index (χ1v) is 9.73. The predicted octanol–water partition coefficient (Wildman–Crippen LogP) is 7.88. The maximum absolute atomic E-state index is 15.4. The summed E-state index contributed by atoms with van der Waals surface area (Å²) in [5.41, 5.74) is -17.2. The second-order valence-electron chi connectivity index (χ2n) is 7.57. The molecule has 0 aromatic heterocycles. The van der Waals surface area contributed by atoms with E-state index in [0.717, 1.165) is 42.5 Å². The lowest BCUT2D eigenvalue weighted by Crippen LogP contribution is -2.51. The van der Waals surface area contributed by atoms with Crippen LogP contribution in [-0.4, -0.2) is 33.5 Å². The van der Waals surface area contributed by atoms with Gasteiger partial charge in [0.15, 0.2) is 5.58 Å². The lowest BCUT2D eigenvalue weighted by molar-refractivity contribution is -0.349. The van der Waals surface area contributed by atoms with E-state index in [0.29, 0.717) is 0 Å². The third kappa shape index (κ3) is 4.07. The van der Waals surface area contributed by atoms with Gasteiger partial charge in [0.1, 0.15) is 16.9 Å². The zero-order chi connectivity index (χ0) is 27.6. The predicted molar refractivity (Wildman–Crippen MR) is 103 cm³/mol. The van der Waals surface area contributed by atoms with E-state index in [1.54, 1.807) is 0 Å². The lowest BCUT2D eigenvalue weighted by atomic mass is 9.93. The largest absolute Gasteiger partial charge is 0.459 e. The molecule has 0 spiro atoms. The molecule has 0 bridgehead atoms. The van der Waals surface area contributed by atoms with Crippen LogP contribution in [0.25, 0.3) is 33.6 Å². The molecule has 0 fully saturated rings. The fourth-order valence-corrected chi connectivity index (χ4v) is 3.41. The number of aromatic nitrogens is 3. The van der Waals surface area contributed by atoms with E-state index in [9.17, 15) is 48.3 Å². The summed E-state index contributed by atoms with van der Waals surface area (Å²) >= 11 is 0. The fraction of sp³-hybridized carbons (Fsp3) is 0.238. The summed E-state index contributed by atoms with van der Waals surface area (Å²) in [6.07, 6.45) is -20.4. The van der Waals surface area contributed by atoms with Gasteiger partial charge in [0.2, 0.25) is 5.89 Å². The number of hydrogen-bond donors (Lipinski definition) is 1. The molecule has 37 heavy (non-hydrogen) atoms. The zero-order valence-corrected chi connectivity index (χ0v) is 17.5. The summed E-state index contributed by atoms with van der Waals surface area (Å²) in [7, 11) is 0. The van der Waals surface area contributed by atoms with Crippen LogP contribution in [0.2, 0.25) is 0 Å². The highest BCUT2D eigenvalue weighted by Gasteiger charge is 2.76. The van der Waals surface area contributed by atoms with Crippen molar-refractivity contribution in [2.24, 2.45) is 0 Å². The number of benzene rings is 2. The summed E-state index contributed by atoms with van der Waals surface area (Å²) in [6.45, 7) is 0. The van der Waals surface area contributed by atoms with Crippen LogP contribution in [0, 0.1) is 0 Å². The highest BCUT2D eigenvalue weighted by atomic mass is 19.4. The second-order valence-corrected chi connectivity index (χ2v) is 7.57. The van der Waals surface area contributed by atoms with Gasteiger partial charge in [-0.1, -0.05) is 24.3 Å². The molecule has 0 aliphatic carbocycles. The Kier molecular flexibility index (Phi) is 5.80. The van der Waals surface area contributed by atoms with Gasteiger partial charge in [-0.05, 0) is 24.3 Å². The Morgan fingerprint density at radius 1 is 0.622 bits per heavy atom. The van der Waals surface area contributed by atoms with E-state index < -0.39 is 75.1 Å². The maximum Gasteiger partial charge on any atom is 0.459 e. The van der Waals surface area contributed by atoms with Gasteiger partial charge < -0.3 is 9.40 Å². The van der Waals surface area contributed by atoms with E-state index in [1.807, 2.05) is 0 Å². The highest BCUT2D eigenvalue weighted by molar-refractivity contribution is 5.80. The topological polar surface area (TPSA) is 54.7 Å². The molecule has 4 nitrogen and oxygen atoms in total. The second kappa shape index (κ2) is 8.14. The molecule has 0 saturated heterocycles.